The van der Waals surface area contributed by atoms with E-state index in [0.29, 0.717) is 5.56 Å². The molecule has 108 valence electrons. The molecular formula is C13H9FN2O5. The Bertz CT molecular complexity index is 732. The Morgan fingerprint density at radius 2 is 1.76 bits per heavy atom. The van der Waals surface area contributed by atoms with Gasteiger partial charge in [-0.3, -0.25) is 20.2 Å². The van der Waals surface area contributed by atoms with Crippen LogP contribution >= 0.6 is 0 Å². The number of nitro benzene ring substituents is 2. The summed E-state index contributed by atoms with van der Waals surface area (Å²) in [5, 5.41) is 21.6. The van der Waals surface area contributed by atoms with Gasteiger partial charge in [-0.05, 0) is 36.8 Å². The molecule has 0 saturated heterocycles. The highest BCUT2D eigenvalue weighted by Crippen LogP contribution is 2.34. The summed E-state index contributed by atoms with van der Waals surface area (Å²) < 4.78 is 18.5. The number of non-ortho nitro benzene ring substituents is 1. The third-order valence-electron chi connectivity index (χ3n) is 2.71. The molecule has 0 radical (unpaired) electrons. The van der Waals surface area contributed by atoms with Crippen molar-refractivity contribution in [3.63, 3.8) is 0 Å². The number of hydrogen-bond acceptors (Lipinski definition) is 5. The van der Waals surface area contributed by atoms with Gasteiger partial charge in [0.05, 0.1) is 15.9 Å². The second kappa shape index (κ2) is 5.53. The molecule has 0 atom stereocenters. The lowest BCUT2D eigenvalue weighted by molar-refractivity contribution is -0.394. The molecule has 21 heavy (non-hydrogen) atoms. The van der Waals surface area contributed by atoms with Gasteiger partial charge in [0.1, 0.15) is 11.6 Å². The monoisotopic (exact) mass is 292 g/mol. The molecule has 0 spiro atoms. The normalized spacial score (nSPS) is 10.2. The molecule has 0 aliphatic heterocycles. The summed E-state index contributed by atoms with van der Waals surface area (Å²) in [4.78, 5) is 20.1. The first-order valence-electron chi connectivity index (χ1n) is 5.75. The number of ether oxygens (including phenoxy) is 1. The van der Waals surface area contributed by atoms with Crippen LogP contribution in [0.25, 0.3) is 0 Å². The maximum Gasteiger partial charge on any atom is 0.318 e. The number of nitrogens with zero attached hydrogens (tertiary/aromatic N) is 2. The molecule has 7 nitrogen and oxygen atoms in total. The fourth-order valence-corrected chi connectivity index (χ4v) is 1.66. The highest BCUT2D eigenvalue weighted by atomic mass is 19.1. The van der Waals surface area contributed by atoms with Crippen LogP contribution in [0.5, 0.6) is 11.5 Å². The average Bonchev–Trinajstić information content (AvgIpc) is 2.43. The average molecular weight is 292 g/mol. The van der Waals surface area contributed by atoms with E-state index in [0.717, 1.165) is 18.2 Å². The lowest BCUT2D eigenvalue weighted by atomic mass is 10.2. The van der Waals surface area contributed by atoms with Crippen molar-refractivity contribution in [2.75, 3.05) is 0 Å². The molecule has 0 bridgehead atoms. The van der Waals surface area contributed by atoms with Crippen molar-refractivity contribution in [2.45, 2.75) is 6.92 Å². The molecule has 0 saturated carbocycles. The zero-order valence-electron chi connectivity index (χ0n) is 10.8. The van der Waals surface area contributed by atoms with Crippen LogP contribution in [-0.4, -0.2) is 9.85 Å². The van der Waals surface area contributed by atoms with Crippen LogP contribution in [0.1, 0.15) is 5.56 Å². The summed E-state index contributed by atoms with van der Waals surface area (Å²) in [7, 11) is 0. The van der Waals surface area contributed by atoms with E-state index < -0.39 is 27.0 Å². The highest BCUT2D eigenvalue weighted by molar-refractivity contribution is 5.54. The first-order chi connectivity index (χ1) is 9.88. The van der Waals surface area contributed by atoms with Crippen LogP contribution in [-0.2, 0) is 0 Å². The van der Waals surface area contributed by atoms with Gasteiger partial charge in [0.25, 0.3) is 5.69 Å². The van der Waals surface area contributed by atoms with Gasteiger partial charge >= 0.3 is 5.69 Å². The van der Waals surface area contributed by atoms with Crippen LogP contribution < -0.4 is 4.74 Å². The van der Waals surface area contributed by atoms with Crippen molar-refractivity contribution in [3.8, 4) is 11.5 Å². The minimum Gasteiger partial charge on any atom is -0.450 e. The zero-order chi connectivity index (χ0) is 15.6. The molecule has 0 aromatic heterocycles. The largest absolute Gasteiger partial charge is 0.450 e. The molecule has 0 aliphatic carbocycles. The predicted molar refractivity (Wildman–Crippen MR) is 71.0 cm³/mol. The van der Waals surface area contributed by atoms with Crippen molar-refractivity contribution in [1.29, 1.82) is 0 Å². The summed E-state index contributed by atoms with van der Waals surface area (Å²) in [6.45, 7) is 1.52. The fraction of sp³-hybridized carbons (Fsp3) is 0.0769. The van der Waals surface area contributed by atoms with E-state index in [1.165, 1.54) is 25.1 Å². The van der Waals surface area contributed by atoms with E-state index in [9.17, 15) is 24.6 Å². The van der Waals surface area contributed by atoms with Gasteiger partial charge in [0, 0.05) is 6.07 Å². The number of nitro groups is 2. The SMILES string of the molecule is Cc1cc(Oc2ccc([N+](=O)[O-])cc2[N+](=O)[O-])ccc1F. The predicted octanol–water partition coefficient (Wildman–Crippen LogP) is 3.74. The fourth-order valence-electron chi connectivity index (χ4n) is 1.66. The van der Waals surface area contributed by atoms with Gasteiger partial charge in [0.15, 0.2) is 0 Å². The van der Waals surface area contributed by atoms with Crippen LogP contribution in [0.4, 0.5) is 15.8 Å². The third kappa shape index (κ3) is 3.11. The zero-order valence-corrected chi connectivity index (χ0v) is 10.8. The Morgan fingerprint density at radius 3 is 2.33 bits per heavy atom. The molecule has 0 amide bonds. The standard InChI is InChI=1S/C13H9FN2O5/c1-8-6-10(3-4-11(8)14)21-13-5-2-9(15(17)18)7-12(13)16(19)20/h2-7H,1H3. The van der Waals surface area contributed by atoms with Crippen LogP contribution in [0.15, 0.2) is 36.4 Å². The molecule has 0 aliphatic rings. The molecule has 2 aromatic rings. The third-order valence-corrected chi connectivity index (χ3v) is 2.71. The lowest BCUT2D eigenvalue weighted by Gasteiger charge is -2.07. The Morgan fingerprint density at radius 1 is 1.05 bits per heavy atom. The Hall–Kier alpha value is -3.03. The van der Waals surface area contributed by atoms with Crippen LogP contribution in [0.2, 0.25) is 0 Å². The van der Waals surface area contributed by atoms with E-state index in [1.807, 2.05) is 0 Å². The maximum absolute atomic E-state index is 13.1. The molecule has 0 unspecified atom stereocenters. The smallest absolute Gasteiger partial charge is 0.318 e. The summed E-state index contributed by atoms with van der Waals surface area (Å²) in [6.07, 6.45) is 0. The minimum atomic E-state index is -0.779. The van der Waals surface area contributed by atoms with Gasteiger partial charge in [-0.2, -0.15) is 0 Å². The number of hydrogen-bond donors (Lipinski definition) is 0. The van der Waals surface area contributed by atoms with Crippen molar-refractivity contribution in [2.24, 2.45) is 0 Å². The summed E-state index contributed by atoms with van der Waals surface area (Å²) >= 11 is 0. The second-order valence-electron chi connectivity index (χ2n) is 4.18. The quantitative estimate of drug-likeness (QED) is 0.631. The molecule has 0 fully saturated rings. The molecule has 0 N–H and O–H groups in total. The number of aryl methyl sites for hydroxylation is 1. The van der Waals surface area contributed by atoms with Crippen LogP contribution in [0, 0.1) is 33.0 Å². The van der Waals surface area contributed by atoms with E-state index in [2.05, 4.69) is 0 Å². The molecule has 2 rings (SSSR count). The van der Waals surface area contributed by atoms with Crippen molar-refractivity contribution in [1.82, 2.24) is 0 Å². The van der Waals surface area contributed by atoms with Gasteiger partial charge in [-0.25, -0.2) is 4.39 Å². The van der Waals surface area contributed by atoms with Crippen molar-refractivity contribution in [3.05, 3.63) is 68.0 Å². The summed E-state index contributed by atoms with van der Waals surface area (Å²) in [5.74, 6) is -0.386. The van der Waals surface area contributed by atoms with Gasteiger partial charge in [-0.1, -0.05) is 0 Å². The number of rotatable bonds is 4. The Labute approximate surface area is 117 Å². The van der Waals surface area contributed by atoms with E-state index >= 15 is 0 Å². The van der Waals surface area contributed by atoms with E-state index in [1.54, 1.807) is 0 Å². The first-order valence-corrected chi connectivity index (χ1v) is 5.75. The first kappa shape index (κ1) is 14.4. The van der Waals surface area contributed by atoms with Gasteiger partial charge in [0.2, 0.25) is 5.75 Å². The molecular weight excluding hydrogens is 283 g/mol. The topological polar surface area (TPSA) is 95.5 Å². The van der Waals surface area contributed by atoms with Crippen molar-refractivity contribution < 1.29 is 19.0 Å². The molecule has 2 aromatic carbocycles. The lowest BCUT2D eigenvalue weighted by Crippen LogP contribution is -1.96. The molecule has 8 heteroatoms. The minimum absolute atomic E-state index is 0.156. The number of halogens is 1. The van der Waals surface area contributed by atoms with Gasteiger partial charge < -0.3 is 4.74 Å². The number of benzene rings is 2. The summed E-state index contributed by atoms with van der Waals surface area (Å²) in [5.41, 5.74) is -0.632. The molecule has 0 heterocycles. The van der Waals surface area contributed by atoms with Gasteiger partial charge in [-0.15, -0.1) is 0 Å². The Balaban J connectivity index is 2.41. The van der Waals surface area contributed by atoms with E-state index in [4.69, 9.17) is 4.74 Å². The Kier molecular flexibility index (Phi) is 3.79. The maximum atomic E-state index is 13.1. The van der Waals surface area contributed by atoms with Crippen molar-refractivity contribution >= 4 is 11.4 Å². The second-order valence-corrected chi connectivity index (χ2v) is 4.18. The van der Waals surface area contributed by atoms with Crippen LogP contribution in [0.3, 0.4) is 0 Å². The summed E-state index contributed by atoms with van der Waals surface area (Å²) in [6, 6.07) is 6.90. The highest BCUT2D eigenvalue weighted by Gasteiger charge is 2.21. The van der Waals surface area contributed by atoms with E-state index in [-0.39, 0.29) is 11.5 Å².